The maximum absolute atomic E-state index is 12.2. The van der Waals surface area contributed by atoms with Gasteiger partial charge in [-0.15, -0.1) is 0 Å². The highest BCUT2D eigenvalue weighted by molar-refractivity contribution is 6.44. The van der Waals surface area contributed by atoms with Crippen molar-refractivity contribution in [3.8, 4) is 6.07 Å². The van der Waals surface area contributed by atoms with Crippen molar-refractivity contribution >= 4 is 34.8 Å². The van der Waals surface area contributed by atoms with Gasteiger partial charge < -0.3 is 10.6 Å². The number of nitrogens with zero attached hydrogens (tertiary/aromatic N) is 2. The zero-order valence-corrected chi connectivity index (χ0v) is 11.6. The highest BCUT2D eigenvalue weighted by Gasteiger charge is 2.21. The van der Waals surface area contributed by atoms with Crippen molar-refractivity contribution in [1.29, 1.82) is 5.26 Å². The van der Waals surface area contributed by atoms with Gasteiger partial charge in [-0.3, -0.25) is 4.79 Å². The first-order valence-electron chi connectivity index (χ1n) is 5.27. The third kappa shape index (κ3) is 3.06. The molecule has 6 heteroatoms. The first-order valence-corrected chi connectivity index (χ1v) is 6.02. The molecule has 0 saturated heterocycles. The predicted octanol–water partition coefficient (Wildman–Crippen LogP) is 2.95. The van der Waals surface area contributed by atoms with E-state index in [9.17, 15) is 4.79 Å². The summed E-state index contributed by atoms with van der Waals surface area (Å²) in [5, 5.41) is 9.04. The van der Waals surface area contributed by atoms with Gasteiger partial charge in [-0.25, -0.2) is 0 Å². The fourth-order valence-corrected chi connectivity index (χ4v) is 1.84. The molecule has 2 N–H and O–H groups in total. The summed E-state index contributed by atoms with van der Waals surface area (Å²) in [7, 11) is 1.61. The van der Waals surface area contributed by atoms with E-state index in [-0.39, 0.29) is 34.0 Å². The summed E-state index contributed by atoms with van der Waals surface area (Å²) in [5.74, 6) is -0.308. The monoisotopic (exact) mass is 285 g/mol. The lowest BCUT2D eigenvalue weighted by Crippen LogP contribution is -2.35. The highest BCUT2D eigenvalue weighted by Crippen LogP contribution is 2.29. The lowest BCUT2D eigenvalue weighted by molar-refractivity contribution is 0.0746. The van der Waals surface area contributed by atoms with Crippen LogP contribution in [-0.4, -0.2) is 23.9 Å². The number of nitrogen functional groups attached to an aromatic ring is 1. The molecule has 1 rings (SSSR count). The minimum absolute atomic E-state index is 0.173. The van der Waals surface area contributed by atoms with Gasteiger partial charge in [0.1, 0.15) is 0 Å². The summed E-state index contributed by atoms with van der Waals surface area (Å²) in [6, 6.07) is 4.77. The molecule has 0 fully saturated rings. The number of carbonyl (C=O) groups is 1. The molecule has 0 heterocycles. The molecule has 0 spiro atoms. The van der Waals surface area contributed by atoms with Crippen molar-refractivity contribution in [2.75, 3.05) is 12.8 Å². The molecular formula is C12H13Cl2N3O. The van der Waals surface area contributed by atoms with Crippen LogP contribution in [0.5, 0.6) is 0 Å². The maximum atomic E-state index is 12.2. The number of hydrogen-bond donors (Lipinski definition) is 1. The van der Waals surface area contributed by atoms with Crippen molar-refractivity contribution in [1.82, 2.24) is 4.90 Å². The van der Waals surface area contributed by atoms with Crippen LogP contribution in [0.1, 0.15) is 23.7 Å². The number of amides is 1. The Balaban J connectivity index is 3.08. The molecule has 1 aromatic rings. The summed E-state index contributed by atoms with van der Waals surface area (Å²) < 4.78 is 0. The first-order chi connectivity index (χ1) is 8.38. The van der Waals surface area contributed by atoms with Gasteiger partial charge in [0, 0.05) is 18.8 Å². The molecule has 0 aliphatic rings. The standard InChI is InChI=1S/C12H13Cl2N3O/c1-7(3-4-15)17(2)12(18)9-5-8(16)6-10(13)11(9)14/h5-7H,3,16H2,1-2H3. The van der Waals surface area contributed by atoms with E-state index in [1.54, 1.807) is 14.0 Å². The zero-order chi connectivity index (χ0) is 13.9. The summed E-state index contributed by atoms with van der Waals surface area (Å²) in [6.07, 6.45) is 0.246. The second-order valence-electron chi connectivity index (χ2n) is 3.99. The number of carbonyl (C=O) groups excluding carboxylic acids is 1. The molecule has 1 aromatic carbocycles. The molecular weight excluding hydrogens is 273 g/mol. The van der Waals surface area contributed by atoms with Crippen LogP contribution in [0.4, 0.5) is 5.69 Å². The van der Waals surface area contributed by atoms with Crippen LogP contribution >= 0.6 is 23.2 Å². The van der Waals surface area contributed by atoms with Crippen LogP contribution < -0.4 is 5.73 Å². The topological polar surface area (TPSA) is 70.1 Å². The van der Waals surface area contributed by atoms with Crippen LogP contribution in [0.25, 0.3) is 0 Å². The lowest BCUT2D eigenvalue weighted by atomic mass is 10.1. The van der Waals surface area contributed by atoms with Crippen LogP contribution in [0.2, 0.25) is 10.0 Å². The van der Waals surface area contributed by atoms with Gasteiger partial charge in [0.25, 0.3) is 5.91 Å². The molecule has 0 bridgehead atoms. The van der Waals surface area contributed by atoms with Crippen molar-refractivity contribution in [2.45, 2.75) is 19.4 Å². The Kier molecular flexibility index (Phi) is 4.83. The van der Waals surface area contributed by atoms with Crippen LogP contribution in [0.3, 0.4) is 0 Å². The zero-order valence-electron chi connectivity index (χ0n) is 10.1. The lowest BCUT2D eigenvalue weighted by Gasteiger charge is -2.23. The second-order valence-corrected chi connectivity index (χ2v) is 4.78. The number of nitrogens with two attached hydrogens (primary N) is 1. The van der Waals surface area contributed by atoms with Crippen LogP contribution in [-0.2, 0) is 0 Å². The maximum Gasteiger partial charge on any atom is 0.255 e. The Morgan fingerprint density at radius 3 is 2.72 bits per heavy atom. The molecule has 1 unspecified atom stereocenters. The molecule has 0 aliphatic heterocycles. The molecule has 1 amide bonds. The van der Waals surface area contributed by atoms with Gasteiger partial charge in [0.05, 0.1) is 28.1 Å². The quantitative estimate of drug-likeness (QED) is 0.868. The predicted molar refractivity (Wildman–Crippen MR) is 72.7 cm³/mol. The first kappa shape index (κ1) is 14.6. The number of benzene rings is 1. The molecule has 0 saturated carbocycles. The molecule has 96 valence electrons. The smallest absolute Gasteiger partial charge is 0.255 e. The van der Waals surface area contributed by atoms with E-state index in [0.29, 0.717) is 5.69 Å². The van der Waals surface area contributed by atoms with E-state index >= 15 is 0 Å². The number of nitriles is 1. The van der Waals surface area contributed by atoms with Crippen LogP contribution in [0.15, 0.2) is 12.1 Å². The van der Waals surface area contributed by atoms with Crippen molar-refractivity contribution in [3.63, 3.8) is 0 Å². The van der Waals surface area contributed by atoms with E-state index in [2.05, 4.69) is 0 Å². The highest BCUT2D eigenvalue weighted by atomic mass is 35.5. The third-order valence-corrected chi connectivity index (χ3v) is 3.45. The molecule has 0 aromatic heterocycles. The Labute approximate surface area is 116 Å². The molecule has 18 heavy (non-hydrogen) atoms. The fourth-order valence-electron chi connectivity index (χ4n) is 1.42. The number of anilines is 1. The average Bonchev–Trinajstić information content (AvgIpc) is 2.32. The van der Waals surface area contributed by atoms with Gasteiger partial charge in [-0.1, -0.05) is 23.2 Å². The summed E-state index contributed by atoms with van der Waals surface area (Å²) in [5.41, 5.74) is 6.25. The van der Waals surface area contributed by atoms with Crippen molar-refractivity contribution in [3.05, 3.63) is 27.7 Å². The Hall–Kier alpha value is -1.44. The Morgan fingerprint density at radius 1 is 1.56 bits per heavy atom. The van der Waals surface area contributed by atoms with Crippen molar-refractivity contribution < 1.29 is 4.79 Å². The second kappa shape index (κ2) is 5.94. The van der Waals surface area contributed by atoms with E-state index in [4.69, 9.17) is 34.2 Å². The number of rotatable bonds is 3. The molecule has 0 radical (unpaired) electrons. The van der Waals surface area contributed by atoms with Crippen molar-refractivity contribution in [2.24, 2.45) is 0 Å². The van der Waals surface area contributed by atoms with E-state index < -0.39 is 0 Å². The van der Waals surface area contributed by atoms with E-state index in [1.807, 2.05) is 6.07 Å². The van der Waals surface area contributed by atoms with Gasteiger partial charge >= 0.3 is 0 Å². The SMILES string of the molecule is CC(CC#N)N(C)C(=O)c1cc(N)cc(Cl)c1Cl. The Bertz CT molecular complexity index is 511. The molecule has 1 atom stereocenters. The molecule has 4 nitrogen and oxygen atoms in total. The van der Waals surface area contributed by atoms with Crippen LogP contribution in [0, 0.1) is 11.3 Å². The van der Waals surface area contributed by atoms with E-state index in [0.717, 1.165) is 0 Å². The summed E-state index contributed by atoms with van der Waals surface area (Å²) in [6.45, 7) is 1.78. The van der Waals surface area contributed by atoms with Gasteiger partial charge in [0.2, 0.25) is 0 Å². The van der Waals surface area contributed by atoms with Gasteiger partial charge in [-0.05, 0) is 19.1 Å². The average molecular weight is 286 g/mol. The number of halogens is 2. The van der Waals surface area contributed by atoms with Gasteiger partial charge in [0.15, 0.2) is 0 Å². The minimum Gasteiger partial charge on any atom is -0.399 e. The largest absolute Gasteiger partial charge is 0.399 e. The Morgan fingerprint density at radius 2 is 2.17 bits per heavy atom. The van der Waals surface area contributed by atoms with E-state index in [1.165, 1.54) is 17.0 Å². The summed E-state index contributed by atoms with van der Waals surface area (Å²) >= 11 is 11.9. The number of hydrogen-bond acceptors (Lipinski definition) is 3. The molecule has 0 aliphatic carbocycles. The normalized spacial score (nSPS) is 11.7. The summed E-state index contributed by atoms with van der Waals surface area (Å²) in [4.78, 5) is 13.6. The van der Waals surface area contributed by atoms with Gasteiger partial charge in [-0.2, -0.15) is 5.26 Å². The fraction of sp³-hybridized carbons (Fsp3) is 0.333. The third-order valence-electron chi connectivity index (χ3n) is 2.65. The minimum atomic E-state index is -0.308.